The number of hydrogen-bond acceptors (Lipinski definition) is 8. The van der Waals surface area contributed by atoms with Crippen LogP contribution < -0.4 is 21.7 Å². The predicted molar refractivity (Wildman–Crippen MR) is 75.0 cm³/mol. The lowest BCUT2D eigenvalue weighted by Crippen LogP contribution is -2.24. The second-order valence-corrected chi connectivity index (χ2v) is 5.20. The maximum Gasteiger partial charge on any atom is 0.294 e. The van der Waals surface area contributed by atoms with E-state index >= 15 is 0 Å². The zero-order valence-electron chi connectivity index (χ0n) is 11.6. The highest BCUT2D eigenvalue weighted by Crippen LogP contribution is 2.14. The summed E-state index contributed by atoms with van der Waals surface area (Å²) in [5.74, 6) is 7.56. The summed E-state index contributed by atoms with van der Waals surface area (Å²) in [6.07, 6.45) is -1.19. The van der Waals surface area contributed by atoms with E-state index in [1.54, 1.807) is 0 Å². The Bertz CT molecular complexity index is 601. The molecule has 1 unspecified atom stereocenters. The van der Waals surface area contributed by atoms with E-state index in [9.17, 15) is 18.0 Å². The number of imide groups is 1. The van der Waals surface area contributed by atoms with Crippen molar-refractivity contribution in [3.05, 3.63) is 24.3 Å². The van der Waals surface area contributed by atoms with E-state index < -0.39 is 28.0 Å². The van der Waals surface area contributed by atoms with Crippen molar-refractivity contribution in [2.24, 2.45) is 11.7 Å². The molecule has 2 rings (SSSR count). The summed E-state index contributed by atoms with van der Waals surface area (Å²) in [6, 6.07) is 5.47. The van der Waals surface area contributed by atoms with Gasteiger partial charge in [0.05, 0.1) is 18.4 Å². The third-order valence-corrected chi connectivity index (χ3v) is 3.17. The second-order valence-electron chi connectivity index (χ2n) is 3.78. The van der Waals surface area contributed by atoms with Crippen molar-refractivity contribution in [3.63, 3.8) is 0 Å². The number of amides is 2. The molecule has 1 aromatic rings. The lowest BCUT2D eigenvalue weighted by atomic mass is 10.3. The molecule has 0 saturated carbocycles. The van der Waals surface area contributed by atoms with Crippen molar-refractivity contribution in [2.45, 2.75) is 17.4 Å². The van der Waals surface area contributed by atoms with Crippen molar-refractivity contribution >= 4 is 21.9 Å². The van der Waals surface area contributed by atoms with Crippen molar-refractivity contribution in [1.29, 1.82) is 0 Å². The first-order valence-corrected chi connectivity index (χ1v) is 7.14. The molecule has 2 amide bonds. The molecule has 1 fully saturated rings. The minimum Gasteiger partial charge on any atom is -0.497 e. The van der Waals surface area contributed by atoms with Crippen LogP contribution in [0.25, 0.3) is 0 Å². The van der Waals surface area contributed by atoms with Gasteiger partial charge in [0.15, 0.2) is 0 Å². The predicted octanol–water partition coefficient (Wildman–Crippen LogP) is -1.85. The first-order chi connectivity index (χ1) is 10.2. The zero-order valence-corrected chi connectivity index (χ0v) is 12.4. The number of nitrogens with two attached hydrogens (primary N) is 2. The number of rotatable bonds is 2. The molecule has 1 aliphatic heterocycles. The van der Waals surface area contributed by atoms with Gasteiger partial charge >= 0.3 is 0 Å². The van der Waals surface area contributed by atoms with Gasteiger partial charge in [-0.1, -0.05) is 0 Å². The highest BCUT2D eigenvalue weighted by atomic mass is 32.2. The Balaban J connectivity index is 0.000000382. The number of aliphatic hydroxyl groups excluding tert-OH is 1. The van der Waals surface area contributed by atoms with Crippen LogP contribution in [0.3, 0.4) is 0 Å². The van der Waals surface area contributed by atoms with Crippen LogP contribution in [0.15, 0.2) is 29.2 Å². The molecule has 1 atom stereocenters. The van der Waals surface area contributed by atoms with Crippen LogP contribution in [0.1, 0.15) is 6.42 Å². The fraction of sp³-hybridized carbons (Fsp3) is 0.273. The molecule has 1 heterocycles. The number of hydrazine groups is 1. The Labute approximate surface area is 126 Å². The van der Waals surface area contributed by atoms with E-state index in [1.165, 1.54) is 31.4 Å². The molecule has 11 heteroatoms. The van der Waals surface area contributed by atoms with E-state index in [4.69, 9.17) is 14.4 Å². The Hall–Kier alpha value is -2.05. The smallest absolute Gasteiger partial charge is 0.294 e. The van der Waals surface area contributed by atoms with Crippen LogP contribution in [0.2, 0.25) is 0 Å². The Morgan fingerprint density at radius 2 is 1.73 bits per heavy atom. The standard InChI is InChI=1S/C7H8O4S.C4H5NO3.H4N2/c1-11-6-2-4-7(5-3-6)12(8,9)10;6-2-1-3(7)5-4(2)8;1-2/h2-5H,1H3,(H,8,9,10);2,6H,1H2,(H,5,7,8);1-2H2. The molecule has 10 nitrogen and oxygen atoms in total. The highest BCUT2D eigenvalue weighted by Gasteiger charge is 2.27. The molecular weight excluding hydrogens is 318 g/mol. The van der Waals surface area contributed by atoms with Crippen LogP contribution >= 0.6 is 0 Å². The number of hydrogen-bond donors (Lipinski definition) is 5. The number of aliphatic hydroxyl groups is 1. The SMILES string of the molecule is COc1ccc(S(=O)(=O)O)cc1.NN.O=C1CC(O)C(=O)N1. The van der Waals surface area contributed by atoms with Gasteiger partial charge in [-0.15, -0.1) is 0 Å². The lowest BCUT2D eigenvalue weighted by molar-refractivity contribution is -0.127. The molecule has 0 radical (unpaired) electrons. The van der Waals surface area contributed by atoms with Crippen molar-refractivity contribution in [2.75, 3.05) is 7.11 Å². The largest absolute Gasteiger partial charge is 0.497 e. The van der Waals surface area contributed by atoms with Crippen LogP contribution in [0, 0.1) is 0 Å². The Kier molecular flexibility index (Phi) is 8.22. The summed E-state index contributed by atoms with van der Waals surface area (Å²) in [6.45, 7) is 0. The van der Waals surface area contributed by atoms with Gasteiger partial charge in [0.1, 0.15) is 11.9 Å². The van der Waals surface area contributed by atoms with E-state index in [-0.39, 0.29) is 11.3 Å². The van der Waals surface area contributed by atoms with Gasteiger partial charge in [-0.05, 0) is 24.3 Å². The second kappa shape index (κ2) is 9.07. The number of carbonyl (C=O) groups excluding carboxylic acids is 2. The van der Waals surface area contributed by atoms with Crippen molar-refractivity contribution in [1.82, 2.24) is 5.32 Å². The average Bonchev–Trinajstić information content (AvgIpc) is 2.77. The topological polar surface area (TPSA) is 182 Å². The number of ether oxygens (including phenoxy) is 1. The minimum atomic E-state index is -4.08. The summed E-state index contributed by atoms with van der Waals surface area (Å²) < 4.78 is 34.5. The molecule has 0 spiro atoms. The third-order valence-electron chi connectivity index (χ3n) is 2.30. The Morgan fingerprint density at radius 3 is 1.95 bits per heavy atom. The maximum atomic E-state index is 10.5. The van der Waals surface area contributed by atoms with Gasteiger partial charge in [-0.3, -0.25) is 31.1 Å². The summed E-state index contributed by atoms with van der Waals surface area (Å²) in [7, 11) is -2.61. The van der Waals surface area contributed by atoms with Crippen LogP contribution in [-0.4, -0.2) is 43.1 Å². The van der Waals surface area contributed by atoms with Crippen molar-refractivity contribution in [3.8, 4) is 5.75 Å². The van der Waals surface area contributed by atoms with Gasteiger partial charge in [0, 0.05) is 0 Å². The van der Waals surface area contributed by atoms with Crippen molar-refractivity contribution < 1.29 is 32.4 Å². The quantitative estimate of drug-likeness (QED) is 0.179. The highest BCUT2D eigenvalue weighted by molar-refractivity contribution is 7.85. The normalized spacial score (nSPS) is 16.7. The summed E-state index contributed by atoms with van der Waals surface area (Å²) in [5.41, 5.74) is 0. The number of methoxy groups -OCH3 is 1. The first-order valence-electron chi connectivity index (χ1n) is 5.70. The van der Waals surface area contributed by atoms with E-state index in [0.29, 0.717) is 5.75 Å². The molecule has 1 aromatic carbocycles. The van der Waals surface area contributed by atoms with Gasteiger partial charge < -0.3 is 9.84 Å². The maximum absolute atomic E-state index is 10.5. The van der Waals surface area contributed by atoms with E-state index in [2.05, 4.69) is 11.7 Å². The molecule has 1 aliphatic rings. The van der Waals surface area contributed by atoms with Crippen LogP contribution in [-0.2, 0) is 19.7 Å². The molecule has 124 valence electrons. The van der Waals surface area contributed by atoms with Gasteiger partial charge in [-0.25, -0.2) is 0 Å². The summed E-state index contributed by atoms with van der Waals surface area (Å²) in [5, 5.41) is 10.5. The third kappa shape index (κ3) is 6.60. The van der Waals surface area contributed by atoms with E-state index in [0.717, 1.165) is 0 Å². The van der Waals surface area contributed by atoms with Crippen LogP contribution in [0.5, 0.6) is 5.75 Å². The van der Waals surface area contributed by atoms with Gasteiger partial charge in [-0.2, -0.15) is 8.42 Å². The molecule has 7 N–H and O–H groups in total. The molecule has 0 aromatic heterocycles. The Morgan fingerprint density at radius 1 is 1.23 bits per heavy atom. The number of benzene rings is 1. The lowest BCUT2D eigenvalue weighted by Gasteiger charge is -1.99. The minimum absolute atomic E-state index is 0.0845. The average molecular weight is 335 g/mol. The fourth-order valence-corrected chi connectivity index (χ4v) is 1.77. The molecule has 1 saturated heterocycles. The van der Waals surface area contributed by atoms with Crippen LogP contribution in [0.4, 0.5) is 0 Å². The number of nitrogens with one attached hydrogen (secondary N) is 1. The zero-order chi connectivity index (χ0) is 17.3. The summed E-state index contributed by atoms with van der Waals surface area (Å²) in [4.78, 5) is 20.2. The number of carbonyl (C=O) groups is 2. The molecule has 0 bridgehead atoms. The first kappa shape index (κ1) is 19.9. The molecule has 0 aliphatic carbocycles. The molecular formula is C11H17N3O7S. The van der Waals surface area contributed by atoms with Gasteiger partial charge in [0.2, 0.25) is 5.91 Å². The summed E-state index contributed by atoms with van der Waals surface area (Å²) >= 11 is 0. The monoisotopic (exact) mass is 335 g/mol. The fourth-order valence-electron chi connectivity index (χ4n) is 1.29. The van der Waals surface area contributed by atoms with Gasteiger partial charge in [0.25, 0.3) is 16.0 Å². The molecule has 22 heavy (non-hydrogen) atoms. The van der Waals surface area contributed by atoms with E-state index in [1.807, 2.05) is 5.32 Å².